The van der Waals surface area contributed by atoms with Crippen LogP contribution < -0.4 is 4.90 Å². The van der Waals surface area contributed by atoms with Crippen molar-refractivity contribution in [3.63, 3.8) is 0 Å². The van der Waals surface area contributed by atoms with Gasteiger partial charge in [-0.3, -0.25) is 9.99 Å². The number of benzene rings is 2. The molecule has 1 aromatic heterocycles. The van der Waals surface area contributed by atoms with Crippen LogP contribution in [-0.4, -0.2) is 41.9 Å². The Morgan fingerprint density at radius 3 is 2.65 bits per heavy atom. The lowest BCUT2D eigenvalue weighted by atomic mass is 10.0. The number of pyridine rings is 1. The van der Waals surface area contributed by atoms with Crippen molar-refractivity contribution >= 4 is 16.5 Å². The molecule has 3 aromatic rings. The van der Waals surface area contributed by atoms with Crippen molar-refractivity contribution in [2.24, 2.45) is 5.10 Å². The summed E-state index contributed by atoms with van der Waals surface area (Å²) in [5, 5.41) is 9.72. The van der Waals surface area contributed by atoms with Crippen molar-refractivity contribution in [1.82, 2.24) is 9.99 Å². The summed E-state index contributed by atoms with van der Waals surface area (Å²) in [6, 6.07) is 19.3. The number of hydrogen-bond acceptors (Lipinski definition) is 3. The van der Waals surface area contributed by atoms with Crippen LogP contribution in [0.1, 0.15) is 18.1 Å². The van der Waals surface area contributed by atoms with Crippen LogP contribution in [0.2, 0.25) is 0 Å². The molecule has 26 heavy (non-hydrogen) atoms. The summed E-state index contributed by atoms with van der Waals surface area (Å²) < 4.78 is 0. The number of aromatic nitrogens is 1. The number of rotatable bonds is 4. The van der Waals surface area contributed by atoms with Crippen molar-refractivity contribution in [2.75, 3.05) is 26.2 Å². The molecule has 0 aliphatic carbocycles. The highest BCUT2D eigenvalue weighted by atomic mass is 15.5. The second kappa shape index (κ2) is 7.67. The van der Waals surface area contributed by atoms with Crippen molar-refractivity contribution in [3.8, 4) is 0 Å². The van der Waals surface area contributed by atoms with Crippen molar-refractivity contribution < 1.29 is 4.90 Å². The minimum absolute atomic E-state index is 0.998. The van der Waals surface area contributed by atoms with Gasteiger partial charge in [-0.15, -0.1) is 0 Å². The molecule has 1 saturated heterocycles. The first-order chi connectivity index (χ1) is 12.8. The van der Waals surface area contributed by atoms with Crippen LogP contribution in [-0.2, 0) is 6.54 Å². The molecule has 0 spiro atoms. The van der Waals surface area contributed by atoms with Gasteiger partial charge in [0, 0.05) is 23.5 Å². The van der Waals surface area contributed by atoms with Gasteiger partial charge in [-0.1, -0.05) is 48.5 Å². The summed E-state index contributed by atoms with van der Waals surface area (Å²) in [5.74, 6) is 0. The second-order valence-electron chi connectivity index (χ2n) is 6.95. The minimum Gasteiger partial charge on any atom is -0.328 e. The first-order valence-corrected chi connectivity index (χ1v) is 9.30. The maximum absolute atomic E-state index is 4.79. The molecule has 0 saturated carbocycles. The van der Waals surface area contributed by atoms with Gasteiger partial charge in [0.15, 0.2) is 0 Å². The summed E-state index contributed by atoms with van der Waals surface area (Å²) in [7, 11) is 0. The molecule has 0 unspecified atom stereocenters. The summed E-state index contributed by atoms with van der Waals surface area (Å²) in [6.07, 6.45) is 3.67. The number of hydrogen-bond donors (Lipinski definition) is 1. The Bertz CT molecular complexity index is 891. The van der Waals surface area contributed by atoms with E-state index in [1.807, 2.05) is 12.3 Å². The molecule has 4 heteroatoms. The highest BCUT2D eigenvalue weighted by molar-refractivity contribution is 5.98. The molecule has 1 aliphatic rings. The molecule has 2 aromatic carbocycles. The van der Waals surface area contributed by atoms with E-state index in [-0.39, 0.29) is 0 Å². The van der Waals surface area contributed by atoms with Crippen LogP contribution in [0.15, 0.2) is 72.1 Å². The number of nitrogens with zero attached hydrogens (tertiary/aromatic N) is 3. The van der Waals surface area contributed by atoms with E-state index < -0.39 is 0 Å². The molecular weight excluding hydrogens is 320 g/mol. The standard InChI is InChI=1S/C22H24N4/c1-18(20-9-5-11-23-16-20)24-26-14-12-25(13-15-26)17-21-8-4-7-19-6-2-3-10-22(19)21/h2-11,16H,12-15,17H2,1H3/p+1/b24-18+. The molecule has 0 amide bonds. The quantitative estimate of drug-likeness (QED) is 0.737. The normalized spacial score (nSPS) is 16.2. The fourth-order valence-corrected chi connectivity index (χ4v) is 3.65. The molecule has 0 radical (unpaired) electrons. The number of fused-ring (bicyclic) bond motifs is 1. The van der Waals surface area contributed by atoms with Crippen molar-refractivity contribution in [2.45, 2.75) is 13.5 Å². The SMILES string of the molecule is C/C(=N\N1CC[NH+](Cc2cccc3ccccc23)CC1)c1cccnc1. The van der Waals surface area contributed by atoms with Crippen LogP contribution in [0, 0.1) is 0 Å². The molecule has 1 fully saturated rings. The Morgan fingerprint density at radius 1 is 1.04 bits per heavy atom. The Labute approximate surface area is 154 Å². The van der Waals surface area contributed by atoms with E-state index in [4.69, 9.17) is 5.10 Å². The predicted molar refractivity (Wildman–Crippen MR) is 106 cm³/mol. The van der Waals surface area contributed by atoms with Crippen LogP contribution in [0.3, 0.4) is 0 Å². The van der Waals surface area contributed by atoms with Gasteiger partial charge in [-0.25, -0.2) is 0 Å². The molecule has 4 rings (SSSR count). The van der Waals surface area contributed by atoms with Crippen molar-refractivity contribution in [3.05, 3.63) is 78.1 Å². The van der Waals surface area contributed by atoms with Gasteiger partial charge in [0.05, 0.1) is 31.9 Å². The monoisotopic (exact) mass is 345 g/mol. The number of nitrogens with one attached hydrogen (secondary N) is 1. The van der Waals surface area contributed by atoms with Crippen molar-refractivity contribution in [1.29, 1.82) is 0 Å². The summed E-state index contributed by atoms with van der Waals surface area (Å²) in [5.41, 5.74) is 3.58. The predicted octanol–water partition coefficient (Wildman–Crippen LogP) is 2.36. The first-order valence-electron chi connectivity index (χ1n) is 9.30. The molecular formula is C22H25N4+. The lowest BCUT2D eigenvalue weighted by Gasteiger charge is -2.31. The van der Waals surface area contributed by atoms with Gasteiger partial charge in [0.2, 0.25) is 0 Å². The van der Waals surface area contributed by atoms with Crippen LogP contribution in [0.25, 0.3) is 10.8 Å². The lowest BCUT2D eigenvalue weighted by molar-refractivity contribution is -0.918. The summed E-state index contributed by atoms with van der Waals surface area (Å²) >= 11 is 0. The van der Waals surface area contributed by atoms with Gasteiger partial charge < -0.3 is 4.90 Å². The fourth-order valence-electron chi connectivity index (χ4n) is 3.65. The van der Waals surface area contributed by atoms with E-state index >= 15 is 0 Å². The topological polar surface area (TPSA) is 32.9 Å². The Kier molecular flexibility index (Phi) is 4.93. The first kappa shape index (κ1) is 16.7. The highest BCUT2D eigenvalue weighted by Gasteiger charge is 2.20. The van der Waals surface area contributed by atoms with Gasteiger partial charge in [0.25, 0.3) is 0 Å². The van der Waals surface area contributed by atoms with E-state index in [0.717, 1.165) is 44.0 Å². The number of quaternary nitrogens is 1. The summed E-state index contributed by atoms with van der Waals surface area (Å²) in [6.45, 7) is 7.38. The van der Waals surface area contributed by atoms with Gasteiger partial charge in [-0.05, 0) is 23.8 Å². The molecule has 1 aliphatic heterocycles. The molecule has 1 N–H and O–H groups in total. The fraction of sp³-hybridized carbons (Fsp3) is 0.273. The smallest absolute Gasteiger partial charge is 0.104 e. The second-order valence-corrected chi connectivity index (χ2v) is 6.95. The zero-order chi connectivity index (χ0) is 17.8. The zero-order valence-corrected chi connectivity index (χ0v) is 15.2. The zero-order valence-electron chi connectivity index (χ0n) is 15.2. The molecule has 0 bridgehead atoms. The third kappa shape index (κ3) is 3.75. The molecule has 4 nitrogen and oxygen atoms in total. The Hall–Kier alpha value is -2.72. The van der Waals surface area contributed by atoms with Crippen LogP contribution in [0.4, 0.5) is 0 Å². The van der Waals surface area contributed by atoms with E-state index in [1.165, 1.54) is 16.3 Å². The largest absolute Gasteiger partial charge is 0.328 e. The van der Waals surface area contributed by atoms with Gasteiger partial charge in [-0.2, -0.15) is 5.10 Å². The average molecular weight is 345 g/mol. The minimum atomic E-state index is 0.998. The maximum atomic E-state index is 4.79. The Morgan fingerprint density at radius 2 is 1.85 bits per heavy atom. The van der Waals surface area contributed by atoms with E-state index in [1.54, 1.807) is 11.1 Å². The van der Waals surface area contributed by atoms with Gasteiger partial charge >= 0.3 is 0 Å². The van der Waals surface area contributed by atoms with E-state index in [2.05, 4.69) is 65.4 Å². The molecule has 0 atom stereocenters. The number of piperazine rings is 1. The van der Waals surface area contributed by atoms with E-state index in [0.29, 0.717) is 0 Å². The lowest BCUT2D eigenvalue weighted by Crippen LogP contribution is -3.13. The number of hydrazone groups is 1. The highest BCUT2D eigenvalue weighted by Crippen LogP contribution is 2.17. The van der Waals surface area contributed by atoms with E-state index in [9.17, 15) is 0 Å². The third-order valence-electron chi connectivity index (χ3n) is 5.14. The molecule has 132 valence electrons. The molecule has 2 heterocycles. The Balaban J connectivity index is 1.39. The van der Waals surface area contributed by atoms with Gasteiger partial charge in [0.1, 0.15) is 6.54 Å². The maximum Gasteiger partial charge on any atom is 0.104 e. The van der Waals surface area contributed by atoms with Crippen LogP contribution in [0.5, 0.6) is 0 Å². The third-order valence-corrected chi connectivity index (χ3v) is 5.14. The average Bonchev–Trinajstić information content (AvgIpc) is 2.70. The summed E-state index contributed by atoms with van der Waals surface area (Å²) in [4.78, 5) is 5.81. The van der Waals surface area contributed by atoms with Crippen LogP contribution >= 0.6 is 0 Å².